The third-order valence-corrected chi connectivity index (χ3v) is 0.117. The molecule has 0 amide bonds. The minimum absolute atomic E-state index is 1.25. The molecule has 0 aromatic carbocycles. The van der Waals surface area contributed by atoms with Crippen molar-refractivity contribution >= 4 is 0 Å². The van der Waals surface area contributed by atoms with Crippen molar-refractivity contribution in [3.8, 4) is 0 Å². The molecule has 0 aliphatic rings. The molecule has 0 atom stereocenters. The van der Waals surface area contributed by atoms with Crippen molar-refractivity contribution in [2.45, 2.75) is 6.43 Å². The monoisotopic (exact) mass is 138 g/mol. The maximum Gasteiger partial charge on any atom is 0.266 e. The highest BCUT2D eigenvalue weighted by molar-refractivity contribution is 4.23. The molecule has 52 valence electrons. The highest BCUT2D eigenvalue weighted by Gasteiger charge is 1.95. The van der Waals surface area contributed by atoms with Gasteiger partial charge in [0.05, 0.1) is 0 Å². The van der Waals surface area contributed by atoms with E-state index in [1.807, 2.05) is 0 Å². The average molecular weight is 138 g/mol. The van der Waals surface area contributed by atoms with Crippen LogP contribution in [0.1, 0.15) is 0 Å². The molecule has 0 aliphatic heterocycles. The summed E-state index contributed by atoms with van der Waals surface area (Å²) < 4.78 is 49.4. The Labute approximate surface area is 41.9 Å². The Morgan fingerprint density at radius 1 is 1.25 bits per heavy atom. The first-order valence-corrected chi connectivity index (χ1v) is 1.42. The van der Waals surface area contributed by atoms with Gasteiger partial charge in [0, 0.05) is 5.15 Å². The van der Waals surface area contributed by atoms with Crippen molar-refractivity contribution in [1.29, 1.82) is 0 Å². The number of rotatable bonds is 1. The van der Waals surface area contributed by atoms with E-state index in [4.69, 9.17) is 9.05 Å². The molecule has 0 spiro atoms. The highest BCUT2D eigenvalue weighted by atomic mass is 19.6. The Bertz CT molecular complexity index is 31.6. The van der Waals surface area contributed by atoms with Crippen LogP contribution in [0.2, 0.25) is 0 Å². The van der Waals surface area contributed by atoms with Crippen LogP contribution in [0.25, 0.3) is 0 Å². The van der Waals surface area contributed by atoms with E-state index in [1.165, 1.54) is 5.15 Å². The summed E-state index contributed by atoms with van der Waals surface area (Å²) in [5.41, 5.74) is 0. The van der Waals surface area contributed by atoms with Gasteiger partial charge in [-0.3, -0.25) is 0 Å². The van der Waals surface area contributed by atoms with Crippen molar-refractivity contribution in [3.63, 3.8) is 0 Å². The highest BCUT2D eigenvalue weighted by Crippen LogP contribution is 1.88. The summed E-state index contributed by atoms with van der Waals surface area (Å²) in [4.78, 5) is 0. The van der Waals surface area contributed by atoms with E-state index in [2.05, 4.69) is 0 Å². The summed E-state index contributed by atoms with van der Waals surface area (Å²) in [7, 11) is 0. The lowest BCUT2D eigenvalue weighted by atomic mass is 10.8. The van der Waals surface area contributed by atoms with Crippen LogP contribution in [0.5, 0.6) is 0 Å². The first-order valence-electron chi connectivity index (χ1n) is 1.42. The van der Waals surface area contributed by atoms with Crippen molar-refractivity contribution in [2.75, 3.05) is 6.67 Å². The smallest absolute Gasteiger partial charge is 0.245 e. The Balaban J connectivity index is 0. The van der Waals surface area contributed by atoms with Gasteiger partial charge >= 0.3 is 0 Å². The molecular weight excluding hydrogens is 135 g/mol. The fourth-order valence-electron chi connectivity index (χ4n) is 0. The summed E-state index contributed by atoms with van der Waals surface area (Å²) in [5.74, 6) is 0. The zero-order chi connectivity index (χ0) is 6.99. The molecule has 0 aromatic heterocycles. The number of halogens is 5. The van der Waals surface area contributed by atoms with E-state index in [9.17, 15) is 13.2 Å². The molecule has 1 nitrogen and oxygen atoms in total. The Hall–Kier alpha value is -0.390. The lowest BCUT2D eigenvalue weighted by Gasteiger charge is -1.78. The normalized spacial score (nSPS) is 8.25. The van der Waals surface area contributed by atoms with Crippen LogP contribution in [0, 0.1) is 0 Å². The van der Waals surface area contributed by atoms with E-state index >= 15 is 0 Å². The summed E-state index contributed by atoms with van der Waals surface area (Å²) in [6.07, 6.45) is -2.78. The minimum Gasteiger partial charge on any atom is -0.245 e. The van der Waals surface area contributed by atoms with Crippen molar-refractivity contribution < 1.29 is 27.4 Å². The molecule has 0 heterocycles. The quantitative estimate of drug-likeness (QED) is 0.503. The number of alkyl halides is 3. The van der Waals surface area contributed by atoms with Crippen LogP contribution in [0.4, 0.5) is 22.2 Å². The van der Waals surface area contributed by atoms with Crippen molar-refractivity contribution in [3.05, 3.63) is 0 Å². The van der Waals surface area contributed by atoms with Gasteiger partial charge < -0.3 is 0 Å². The van der Waals surface area contributed by atoms with Crippen molar-refractivity contribution in [2.24, 2.45) is 0 Å². The largest absolute Gasteiger partial charge is 0.266 e. The van der Waals surface area contributed by atoms with Gasteiger partial charge in [0.15, 0.2) is 6.67 Å². The van der Waals surface area contributed by atoms with E-state index in [1.54, 1.807) is 0 Å². The zero-order valence-electron chi connectivity index (χ0n) is 3.58. The Kier molecular flexibility index (Phi) is 12.9. The van der Waals surface area contributed by atoms with Crippen LogP contribution in [-0.2, 0) is 5.15 Å². The van der Waals surface area contributed by atoms with Crippen LogP contribution in [-0.4, -0.2) is 13.1 Å². The zero-order valence-corrected chi connectivity index (χ0v) is 3.58. The number of hydrogen-bond acceptors (Lipinski definition) is 1. The molecule has 6 heteroatoms. The van der Waals surface area contributed by atoms with E-state index in [0.29, 0.717) is 0 Å². The topological polar surface area (TPSA) is 9.23 Å². The van der Waals surface area contributed by atoms with Gasteiger partial charge in [-0.15, -0.1) is 0 Å². The van der Waals surface area contributed by atoms with Gasteiger partial charge in [0.2, 0.25) is 0 Å². The van der Waals surface area contributed by atoms with Gasteiger partial charge in [-0.2, -0.15) is 0 Å². The van der Waals surface area contributed by atoms with Crippen LogP contribution in [0.15, 0.2) is 0 Å². The lowest BCUT2D eigenvalue weighted by Crippen LogP contribution is -1.88. The molecule has 0 saturated heterocycles. The third kappa shape index (κ3) is 46.0. The SMILES string of the molecule is FCC(F)F.FOF. The summed E-state index contributed by atoms with van der Waals surface area (Å²) in [5, 5.41) is 1.25. The van der Waals surface area contributed by atoms with Crippen LogP contribution in [0.3, 0.4) is 0 Å². The van der Waals surface area contributed by atoms with Gasteiger partial charge in [0.1, 0.15) is 0 Å². The standard InChI is InChI=1S/C2H3F3.F2O/c3-1-2(4)5;1-3-2/h2H,1H2;. The molecular formula is C2H3F5O. The van der Waals surface area contributed by atoms with Crippen LogP contribution >= 0.6 is 0 Å². The maximum absolute atomic E-state index is 10.4. The Morgan fingerprint density at radius 2 is 1.38 bits per heavy atom. The molecule has 0 rings (SSSR count). The minimum atomic E-state index is -2.78. The molecule has 8 heavy (non-hydrogen) atoms. The molecule has 0 radical (unpaired) electrons. The maximum atomic E-state index is 10.4. The molecule has 0 N–H and O–H groups in total. The summed E-state index contributed by atoms with van der Waals surface area (Å²) >= 11 is 0. The first kappa shape index (κ1) is 10.6. The summed E-state index contributed by atoms with van der Waals surface area (Å²) in [6, 6.07) is 0. The fourth-order valence-corrected chi connectivity index (χ4v) is 0. The van der Waals surface area contributed by atoms with Gasteiger partial charge in [-0.05, 0) is 9.05 Å². The second-order valence-electron chi connectivity index (χ2n) is 0.604. The molecule has 0 fully saturated rings. The molecule has 0 aromatic rings. The van der Waals surface area contributed by atoms with Crippen molar-refractivity contribution in [1.82, 2.24) is 0 Å². The van der Waals surface area contributed by atoms with Gasteiger partial charge in [-0.1, -0.05) is 0 Å². The second-order valence-corrected chi connectivity index (χ2v) is 0.604. The second kappa shape index (κ2) is 9.79. The average Bonchev–Trinajstić information content (AvgIpc) is 1.69. The third-order valence-electron chi connectivity index (χ3n) is 0.117. The van der Waals surface area contributed by atoms with E-state index < -0.39 is 13.1 Å². The molecule has 0 saturated carbocycles. The Morgan fingerprint density at radius 3 is 1.38 bits per heavy atom. The molecule has 0 unspecified atom stereocenters. The van der Waals surface area contributed by atoms with Crippen LogP contribution < -0.4 is 0 Å². The van der Waals surface area contributed by atoms with E-state index in [0.717, 1.165) is 0 Å². The summed E-state index contributed by atoms with van der Waals surface area (Å²) in [6.45, 7) is -1.53. The first-order chi connectivity index (χ1) is 3.68. The van der Waals surface area contributed by atoms with Gasteiger partial charge in [0.25, 0.3) is 6.43 Å². The van der Waals surface area contributed by atoms with Gasteiger partial charge in [-0.25, -0.2) is 13.2 Å². The molecule has 0 bridgehead atoms. The fraction of sp³-hybridized carbons (Fsp3) is 1.00. The van der Waals surface area contributed by atoms with E-state index in [-0.39, 0.29) is 0 Å². The predicted octanol–water partition coefficient (Wildman–Crippen LogP) is 1.99. The predicted molar refractivity (Wildman–Crippen MR) is 15.3 cm³/mol. The number of hydrogen-bond donors (Lipinski definition) is 0. The lowest BCUT2D eigenvalue weighted by molar-refractivity contribution is -0.317. The molecule has 0 aliphatic carbocycles.